The number of aryl methyl sites for hydroxylation is 2. The lowest BCUT2D eigenvalue weighted by molar-refractivity contribution is -0.0492. The van der Waals surface area contributed by atoms with Gasteiger partial charge in [-0.3, -0.25) is 0 Å². The van der Waals surface area contributed by atoms with E-state index in [-0.39, 0.29) is 23.3 Å². The molecule has 0 bridgehead atoms. The summed E-state index contributed by atoms with van der Waals surface area (Å²) < 4.78 is 36.0. The molecule has 0 saturated carbocycles. The normalized spacial score (nSPS) is 17.0. The minimum absolute atomic E-state index is 0.0189. The molecule has 8 nitrogen and oxygen atoms in total. The van der Waals surface area contributed by atoms with E-state index in [1.54, 1.807) is 28.4 Å². The number of hydrogen-bond acceptors (Lipinski definition) is 8. The molecule has 222 valence electrons. The second-order valence-electron chi connectivity index (χ2n) is 11.7. The van der Waals surface area contributed by atoms with Gasteiger partial charge in [0, 0.05) is 47.2 Å². The maximum absolute atomic E-state index is 11.5. The first-order chi connectivity index (χ1) is 20.0. The Bertz CT molecular complexity index is 1650. The lowest BCUT2D eigenvalue weighted by Crippen LogP contribution is -2.06. The second-order valence-corrected chi connectivity index (χ2v) is 11.7. The highest BCUT2D eigenvalue weighted by Crippen LogP contribution is 2.61. The third kappa shape index (κ3) is 3.54. The third-order valence-electron chi connectivity index (χ3n) is 8.67. The predicted octanol–water partition coefficient (Wildman–Crippen LogP) is 8.03. The van der Waals surface area contributed by atoms with Crippen LogP contribution in [0.2, 0.25) is 0 Å². The van der Waals surface area contributed by atoms with Crippen molar-refractivity contribution in [3.8, 4) is 45.6 Å². The van der Waals surface area contributed by atoms with Crippen molar-refractivity contribution in [1.82, 2.24) is 0 Å². The summed E-state index contributed by atoms with van der Waals surface area (Å²) in [5.74, 6) is 2.26. The van der Waals surface area contributed by atoms with E-state index in [9.17, 15) is 10.2 Å². The van der Waals surface area contributed by atoms with Crippen LogP contribution in [0.5, 0.6) is 34.5 Å². The summed E-state index contributed by atoms with van der Waals surface area (Å²) >= 11 is 0. The average molecular weight is 575 g/mol. The van der Waals surface area contributed by atoms with Gasteiger partial charge in [0.05, 0.1) is 25.3 Å². The SMILES string of the molecule is COc1c(O)c2c3c(c(-c4c(C)cc5c(C(C)C)c(OC)c(O)c6c5c4OC6OC)c(C)cc3c1C(C)C)OC2OC. The Morgan fingerprint density at radius 2 is 1.00 bits per heavy atom. The lowest BCUT2D eigenvalue weighted by atomic mass is 9.84. The molecule has 8 heteroatoms. The largest absolute Gasteiger partial charge is 0.504 e. The quantitative estimate of drug-likeness (QED) is 0.229. The second kappa shape index (κ2) is 9.85. The van der Waals surface area contributed by atoms with Crippen molar-refractivity contribution in [2.24, 2.45) is 0 Å². The number of rotatable bonds is 7. The van der Waals surface area contributed by atoms with E-state index < -0.39 is 12.6 Å². The maximum Gasteiger partial charge on any atom is 0.231 e. The standard InChI is InChI=1S/C34H38O8/c1-13(2)19-17-11-15(5)21(29-23(17)25(33(39-9)41-29)27(35)31(19)37-7)22-16(6)12-18-20(14(3)4)32(38-8)28(36)26-24(18)30(22)42-34(26)40-10/h11-14,33-36H,1-10H3. The molecule has 2 heterocycles. The topological polar surface area (TPSA) is 95.8 Å². The fourth-order valence-electron chi connectivity index (χ4n) is 7.05. The molecule has 42 heavy (non-hydrogen) atoms. The van der Waals surface area contributed by atoms with Crippen LogP contribution in [-0.2, 0) is 9.47 Å². The molecule has 2 N–H and O–H groups in total. The Labute approximate surface area is 245 Å². The van der Waals surface area contributed by atoms with Gasteiger partial charge in [0.25, 0.3) is 0 Å². The molecule has 2 atom stereocenters. The number of benzene rings is 4. The van der Waals surface area contributed by atoms with Crippen molar-refractivity contribution < 1.29 is 38.6 Å². The highest BCUT2D eigenvalue weighted by atomic mass is 16.7. The van der Waals surface area contributed by atoms with Crippen molar-refractivity contribution in [2.45, 2.75) is 66.0 Å². The Kier molecular flexibility index (Phi) is 6.62. The van der Waals surface area contributed by atoms with Gasteiger partial charge in [-0.2, -0.15) is 0 Å². The third-order valence-corrected chi connectivity index (χ3v) is 8.67. The van der Waals surface area contributed by atoms with Gasteiger partial charge in [0.1, 0.15) is 11.5 Å². The fraction of sp³-hybridized carbons (Fsp3) is 0.412. The lowest BCUT2D eigenvalue weighted by Gasteiger charge is -2.22. The van der Waals surface area contributed by atoms with E-state index in [0.29, 0.717) is 34.1 Å². The zero-order valence-corrected chi connectivity index (χ0v) is 25.8. The van der Waals surface area contributed by atoms with E-state index in [4.69, 9.17) is 28.4 Å². The zero-order valence-electron chi connectivity index (χ0n) is 25.8. The predicted molar refractivity (Wildman–Crippen MR) is 162 cm³/mol. The molecular weight excluding hydrogens is 536 g/mol. The van der Waals surface area contributed by atoms with Gasteiger partial charge in [-0.15, -0.1) is 0 Å². The molecule has 0 radical (unpaired) electrons. The van der Waals surface area contributed by atoms with E-state index in [1.165, 1.54) is 0 Å². The summed E-state index contributed by atoms with van der Waals surface area (Å²) in [6, 6.07) is 4.25. The molecule has 0 aromatic heterocycles. The first kappa shape index (κ1) is 28.2. The molecular formula is C34H38O8. The van der Waals surface area contributed by atoms with Crippen molar-refractivity contribution >= 4 is 21.5 Å². The Hall–Kier alpha value is -3.88. The average Bonchev–Trinajstić information content (AvgIpc) is 3.53. The number of methoxy groups -OCH3 is 4. The van der Waals surface area contributed by atoms with E-state index in [0.717, 1.165) is 54.9 Å². The fourth-order valence-corrected chi connectivity index (χ4v) is 7.05. The van der Waals surface area contributed by atoms with Crippen molar-refractivity contribution in [1.29, 1.82) is 0 Å². The Balaban J connectivity index is 1.78. The van der Waals surface area contributed by atoms with Crippen LogP contribution in [0.4, 0.5) is 0 Å². The Morgan fingerprint density at radius 1 is 0.643 bits per heavy atom. The van der Waals surface area contributed by atoms with Crippen LogP contribution < -0.4 is 18.9 Å². The van der Waals surface area contributed by atoms with Crippen LogP contribution in [0.15, 0.2) is 12.1 Å². The summed E-state index contributed by atoms with van der Waals surface area (Å²) in [4.78, 5) is 0. The highest BCUT2D eigenvalue weighted by molar-refractivity contribution is 6.10. The first-order valence-electron chi connectivity index (χ1n) is 14.2. The summed E-state index contributed by atoms with van der Waals surface area (Å²) in [6.45, 7) is 12.4. The van der Waals surface area contributed by atoms with Gasteiger partial charge >= 0.3 is 0 Å². The van der Waals surface area contributed by atoms with E-state index in [2.05, 4.69) is 39.8 Å². The number of aromatic hydroxyl groups is 2. The Morgan fingerprint density at radius 3 is 1.29 bits per heavy atom. The molecule has 2 aliphatic rings. The number of ether oxygens (including phenoxy) is 6. The molecule has 0 spiro atoms. The van der Waals surface area contributed by atoms with Gasteiger partial charge < -0.3 is 38.6 Å². The summed E-state index contributed by atoms with van der Waals surface area (Å²) in [6.07, 6.45) is -1.65. The van der Waals surface area contributed by atoms with Crippen molar-refractivity contribution in [2.75, 3.05) is 28.4 Å². The van der Waals surface area contributed by atoms with E-state index in [1.807, 2.05) is 13.8 Å². The van der Waals surface area contributed by atoms with Gasteiger partial charge in [0.15, 0.2) is 23.0 Å². The number of phenols is 2. The van der Waals surface area contributed by atoms with E-state index >= 15 is 0 Å². The molecule has 4 aromatic rings. The molecule has 6 rings (SSSR count). The highest BCUT2D eigenvalue weighted by Gasteiger charge is 2.41. The molecule has 2 aliphatic heterocycles. The maximum atomic E-state index is 11.5. The smallest absolute Gasteiger partial charge is 0.231 e. The van der Waals surface area contributed by atoms with Crippen LogP contribution in [0.1, 0.15) is 85.5 Å². The van der Waals surface area contributed by atoms with Gasteiger partial charge in [-0.1, -0.05) is 39.8 Å². The first-order valence-corrected chi connectivity index (χ1v) is 14.2. The molecule has 0 saturated heterocycles. The minimum atomic E-state index is -0.823. The monoisotopic (exact) mass is 574 g/mol. The van der Waals surface area contributed by atoms with Crippen LogP contribution in [0, 0.1) is 13.8 Å². The molecule has 2 unspecified atom stereocenters. The summed E-state index contributed by atoms with van der Waals surface area (Å²) in [5, 5.41) is 26.4. The molecule has 0 aliphatic carbocycles. The molecule has 0 amide bonds. The van der Waals surface area contributed by atoms with Gasteiger partial charge in [-0.05, 0) is 47.6 Å². The summed E-state index contributed by atoms with van der Waals surface area (Å²) in [7, 11) is 6.24. The minimum Gasteiger partial charge on any atom is -0.504 e. The number of hydrogen-bond donors (Lipinski definition) is 2. The van der Waals surface area contributed by atoms with Crippen LogP contribution >= 0.6 is 0 Å². The van der Waals surface area contributed by atoms with Crippen LogP contribution in [0.3, 0.4) is 0 Å². The van der Waals surface area contributed by atoms with Crippen molar-refractivity contribution in [3.05, 3.63) is 45.5 Å². The van der Waals surface area contributed by atoms with Gasteiger partial charge in [-0.25, -0.2) is 0 Å². The summed E-state index contributed by atoms with van der Waals surface area (Å²) in [5.41, 5.74) is 6.48. The van der Waals surface area contributed by atoms with Crippen molar-refractivity contribution in [3.63, 3.8) is 0 Å². The van der Waals surface area contributed by atoms with Crippen LogP contribution in [-0.4, -0.2) is 38.7 Å². The van der Waals surface area contributed by atoms with Crippen LogP contribution in [0.25, 0.3) is 32.7 Å². The molecule has 4 aromatic carbocycles. The number of phenolic OH excluding ortho intramolecular Hbond substituents is 2. The molecule has 0 fully saturated rings. The zero-order chi connectivity index (χ0) is 30.4. The van der Waals surface area contributed by atoms with Gasteiger partial charge in [0.2, 0.25) is 12.6 Å².